The lowest BCUT2D eigenvalue weighted by molar-refractivity contribution is -0.133. The van der Waals surface area contributed by atoms with Crippen molar-refractivity contribution in [2.45, 2.75) is 24.2 Å². The molecular weight excluding hydrogens is 356 g/mol. The van der Waals surface area contributed by atoms with E-state index in [1.165, 1.54) is 16.1 Å². The van der Waals surface area contributed by atoms with Crippen molar-refractivity contribution in [2.24, 2.45) is 0 Å². The highest BCUT2D eigenvalue weighted by Gasteiger charge is 2.32. The molecule has 8 heteroatoms. The Balaban J connectivity index is 1.44. The van der Waals surface area contributed by atoms with Crippen LogP contribution in [0.5, 0.6) is 0 Å². The van der Waals surface area contributed by atoms with Crippen molar-refractivity contribution in [1.29, 1.82) is 0 Å². The third-order valence-electron chi connectivity index (χ3n) is 5.09. The number of piperazine rings is 1. The molecule has 0 unspecified atom stereocenters. The molecule has 1 amide bonds. The molecule has 7 nitrogen and oxygen atoms in total. The Morgan fingerprint density at radius 1 is 1.00 bits per heavy atom. The number of ether oxygens (including phenoxy) is 2. The summed E-state index contributed by atoms with van der Waals surface area (Å²) in [4.78, 5) is 14.3. The Morgan fingerprint density at radius 3 is 2.50 bits per heavy atom. The highest BCUT2D eigenvalue weighted by Crippen LogP contribution is 2.27. The lowest BCUT2D eigenvalue weighted by Gasteiger charge is -2.34. The molecule has 1 saturated heterocycles. The smallest absolute Gasteiger partial charge is 0.292 e. The fourth-order valence-electron chi connectivity index (χ4n) is 3.63. The first-order valence-electron chi connectivity index (χ1n) is 8.91. The van der Waals surface area contributed by atoms with Crippen LogP contribution in [0.4, 0.5) is 0 Å². The summed E-state index contributed by atoms with van der Waals surface area (Å²) in [5, 5.41) is 0. The predicted molar refractivity (Wildman–Crippen MR) is 93.8 cm³/mol. The molecular formula is C18H22N2O5S. The van der Waals surface area contributed by atoms with E-state index in [0.29, 0.717) is 31.2 Å². The van der Waals surface area contributed by atoms with Gasteiger partial charge in [0.25, 0.3) is 5.91 Å². The minimum absolute atomic E-state index is 0.186. The van der Waals surface area contributed by atoms with Crippen LogP contribution in [0.3, 0.4) is 0 Å². The van der Waals surface area contributed by atoms with Gasteiger partial charge >= 0.3 is 0 Å². The van der Waals surface area contributed by atoms with Crippen LogP contribution in [0.15, 0.2) is 35.1 Å². The summed E-state index contributed by atoms with van der Waals surface area (Å²) in [6, 6.07) is 5.45. The number of hydrogen-bond acceptors (Lipinski definition) is 5. The molecule has 1 fully saturated rings. The highest BCUT2D eigenvalue weighted by atomic mass is 32.2. The van der Waals surface area contributed by atoms with Crippen LogP contribution in [-0.2, 0) is 37.1 Å². The van der Waals surface area contributed by atoms with Crippen molar-refractivity contribution in [3.63, 3.8) is 0 Å². The van der Waals surface area contributed by atoms with Crippen LogP contribution in [0.25, 0.3) is 0 Å². The summed E-state index contributed by atoms with van der Waals surface area (Å²) in [6.45, 7) is 2.01. The van der Waals surface area contributed by atoms with Crippen LogP contribution < -0.4 is 0 Å². The molecule has 1 aliphatic carbocycles. The zero-order chi connectivity index (χ0) is 18.1. The Hall–Kier alpha value is -2.06. The molecule has 26 heavy (non-hydrogen) atoms. The van der Waals surface area contributed by atoms with E-state index < -0.39 is 10.0 Å². The maximum absolute atomic E-state index is 12.9. The number of hydrogen-bond donors (Lipinski definition) is 0. The van der Waals surface area contributed by atoms with Gasteiger partial charge in [-0.05, 0) is 42.5 Å². The van der Waals surface area contributed by atoms with Crippen molar-refractivity contribution in [3.8, 4) is 0 Å². The Labute approximate surface area is 153 Å². The molecule has 0 radical (unpaired) electrons. The van der Waals surface area contributed by atoms with Crippen LogP contribution in [0.2, 0.25) is 0 Å². The summed E-state index contributed by atoms with van der Waals surface area (Å²) in [5.74, 6) is -0.0644. The van der Waals surface area contributed by atoms with Crippen LogP contribution in [0, 0.1) is 0 Å². The number of aryl methyl sites for hydroxylation is 2. The molecule has 0 aromatic heterocycles. The summed E-state index contributed by atoms with van der Waals surface area (Å²) < 4.78 is 37.8. The zero-order valence-corrected chi connectivity index (χ0v) is 15.3. The first-order valence-corrected chi connectivity index (χ1v) is 10.4. The van der Waals surface area contributed by atoms with E-state index in [1.807, 2.05) is 12.1 Å². The SMILES string of the molecule is O=C(C1=COCCO1)N1CCN(S(=O)(=O)c2ccc3c(c2)CCC3)CC1. The van der Waals surface area contributed by atoms with Crippen LogP contribution >= 0.6 is 0 Å². The van der Waals surface area contributed by atoms with Crippen molar-refractivity contribution in [3.05, 3.63) is 41.3 Å². The van der Waals surface area contributed by atoms with Gasteiger partial charge in [-0.2, -0.15) is 4.31 Å². The zero-order valence-electron chi connectivity index (χ0n) is 14.5. The maximum atomic E-state index is 12.9. The number of fused-ring (bicyclic) bond motifs is 1. The number of rotatable bonds is 3. The van der Waals surface area contributed by atoms with Gasteiger partial charge in [0.2, 0.25) is 15.8 Å². The lowest BCUT2D eigenvalue weighted by atomic mass is 10.1. The van der Waals surface area contributed by atoms with Crippen LogP contribution in [0.1, 0.15) is 17.5 Å². The number of nitrogens with zero attached hydrogens (tertiary/aromatic N) is 2. The number of carbonyl (C=O) groups is 1. The van der Waals surface area contributed by atoms with Gasteiger partial charge in [-0.1, -0.05) is 6.07 Å². The monoisotopic (exact) mass is 378 g/mol. The fraction of sp³-hybridized carbons (Fsp3) is 0.500. The minimum atomic E-state index is -3.53. The molecule has 3 aliphatic rings. The second-order valence-corrected chi connectivity index (χ2v) is 8.62. The van der Waals surface area contributed by atoms with E-state index >= 15 is 0 Å². The maximum Gasteiger partial charge on any atom is 0.292 e. The molecule has 0 N–H and O–H groups in total. The second kappa shape index (κ2) is 6.92. The molecule has 0 saturated carbocycles. The Bertz CT molecular complexity index is 841. The number of benzene rings is 1. The summed E-state index contributed by atoms with van der Waals surface area (Å²) in [7, 11) is -3.53. The summed E-state index contributed by atoms with van der Waals surface area (Å²) in [5.41, 5.74) is 2.39. The van der Waals surface area contributed by atoms with Gasteiger partial charge in [-0.3, -0.25) is 4.79 Å². The van der Waals surface area contributed by atoms with Gasteiger partial charge in [0.1, 0.15) is 19.5 Å². The van der Waals surface area contributed by atoms with E-state index in [2.05, 4.69) is 0 Å². The fourth-order valence-corrected chi connectivity index (χ4v) is 5.10. The molecule has 2 aliphatic heterocycles. The molecule has 0 bridgehead atoms. The number of sulfonamides is 1. The first-order chi connectivity index (χ1) is 12.6. The second-order valence-electron chi connectivity index (χ2n) is 6.68. The third kappa shape index (κ3) is 3.19. The van der Waals surface area contributed by atoms with E-state index in [-0.39, 0.29) is 24.8 Å². The van der Waals surface area contributed by atoms with Crippen LogP contribution in [-0.4, -0.2) is 62.9 Å². The normalized spacial score (nSPS) is 20.8. The molecule has 0 atom stereocenters. The standard InChI is InChI=1S/C18H22N2O5S/c21-18(17-13-24-10-11-25-17)19-6-8-20(9-7-19)26(22,23)16-5-4-14-2-1-3-15(14)12-16/h4-5,12-13H,1-3,6-11H2. The van der Waals surface area contributed by atoms with Gasteiger partial charge in [-0.15, -0.1) is 0 Å². The summed E-state index contributed by atoms with van der Waals surface area (Å²) in [6.07, 6.45) is 4.39. The van der Waals surface area contributed by atoms with Crippen molar-refractivity contribution >= 4 is 15.9 Å². The first kappa shape index (κ1) is 17.4. The molecule has 0 spiro atoms. The van der Waals surface area contributed by atoms with Gasteiger partial charge in [0.15, 0.2) is 0 Å². The molecule has 1 aromatic carbocycles. The van der Waals surface area contributed by atoms with E-state index in [0.717, 1.165) is 24.8 Å². The average Bonchev–Trinajstić information content (AvgIpc) is 3.16. The molecule has 140 valence electrons. The third-order valence-corrected chi connectivity index (χ3v) is 6.99. The van der Waals surface area contributed by atoms with Crippen molar-refractivity contribution < 1.29 is 22.7 Å². The van der Waals surface area contributed by atoms with Crippen molar-refractivity contribution in [1.82, 2.24) is 9.21 Å². The largest absolute Gasteiger partial charge is 0.494 e. The quantitative estimate of drug-likeness (QED) is 0.781. The van der Waals surface area contributed by atoms with E-state index in [4.69, 9.17) is 9.47 Å². The van der Waals surface area contributed by atoms with Gasteiger partial charge in [0.05, 0.1) is 4.90 Å². The van der Waals surface area contributed by atoms with E-state index in [1.54, 1.807) is 11.0 Å². The topological polar surface area (TPSA) is 76.2 Å². The highest BCUT2D eigenvalue weighted by molar-refractivity contribution is 7.89. The van der Waals surface area contributed by atoms with E-state index in [9.17, 15) is 13.2 Å². The molecule has 2 heterocycles. The van der Waals surface area contributed by atoms with Gasteiger partial charge < -0.3 is 14.4 Å². The minimum Gasteiger partial charge on any atom is -0.494 e. The van der Waals surface area contributed by atoms with Gasteiger partial charge in [-0.25, -0.2) is 8.42 Å². The predicted octanol–water partition coefficient (Wildman–Crippen LogP) is 0.896. The number of carbonyl (C=O) groups excluding carboxylic acids is 1. The Kier molecular flexibility index (Phi) is 4.62. The summed E-state index contributed by atoms with van der Waals surface area (Å²) >= 11 is 0. The van der Waals surface area contributed by atoms with Crippen molar-refractivity contribution in [2.75, 3.05) is 39.4 Å². The van der Waals surface area contributed by atoms with Gasteiger partial charge in [0, 0.05) is 26.2 Å². The number of amides is 1. The Morgan fingerprint density at radius 2 is 1.77 bits per heavy atom. The average molecular weight is 378 g/mol. The molecule has 4 rings (SSSR count). The lowest BCUT2D eigenvalue weighted by Crippen LogP contribution is -2.51. The molecule has 1 aromatic rings.